The van der Waals surface area contributed by atoms with Crippen LogP contribution in [0.1, 0.15) is 0 Å². The van der Waals surface area contributed by atoms with E-state index in [1.165, 1.54) is 24.5 Å². The van der Waals surface area contributed by atoms with Gasteiger partial charge in [0.05, 0.1) is 21.9 Å². The zero-order valence-corrected chi connectivity index (χ0v) is 11.2. The second-order valence-corrected chi connectivity index (χ2v) is 5.51. The van der Waals surface area contributed by atoms with Crippen LogP contribution >= 0.6 is 23.2 Å². The second-order valence-electron chi connectivity index (χ2n) is 3.20. The lowest BCUT2D eigenvalue weighted by Crippen LogP contribution is -2.40. The van der Waals surface area contributed by atoms with E-state index in [1.807, 2.05) is 0 Å². The van der Waals surface area contributed by atoms with Gasteiger partial charge < -0.3 is 0 Å². The Morgan fingerprint density at radius 2 is 1.94 bits per heavy atom. The Balaban J connectivity index is 2.28. The number of hydrazine groups is 1. The summed E-state index contributed by atoms with van der Waals surface area (Å²) in [4.78, 5) is 0. The Hall–Kier alpha value is -1.44. The zero-order valence-electron chi connectivity index (χ0n) is 8.84. The molecule has 0 radical (unpaired) electrons. The van der Waals surface area contributed by atoms with Crippen LogP contribution in [0.3, 0.4) is 0 Å². The molecule has 0 amide bonds. The number of rotatable bonds is 3. The fourth-order valence-corrected chi connectivity index (χ4v) is 2.73. The minimum atomic E-state index is -3.93. The molecule has 18 heavy (non-hydrogen) atoms. The highest BCUT2D eigenvalue weighted by Crippen LogP contribution is 2.30. The standard InChI is InChI=1S/C9H8Cl2N4O2S/c10-7-3-1-4-8(11)9(7)14-18(16,17)15-12-5-2-6-13-15/h1-6,12,14H. The van der Waals surface area contributed by atoms with Crippen LogP contribution in [0.15, 0.2) is 35.6 Å². The van der Waals surface area contributed by atoms with Crippen molar-refractivity contribution >= 4 is 45.3 Å². The van der Waals surface area contributed by atoms with Gasteiger partial charge >= 0.3 is 10.2 Å². The van der Waals surface area contributed by atoms with Gasteiger partial charge in [-0.05, 0) is 18.2 Å². The van der Waals surface area contributed by atoms with Crippen molar-refractivity contribution in [3.8, 4) is 0 Å². The van der Waals surface area contributed by atoms with E-state index in [0.29, 0.717) is 4.52 Å². The van der Waals surface area contributed by atoms with E-state index in [4.69, 9.17) is 23.2 Å². The smallest absolute Gasteiger partial charge is 0.274 e. The van der Waals surface area contributed by atoms with Gasteiger partial charge in [-0.3, -0.25) is 10.1 Å². The molecular weight excluding hydrogens is 299 g/mol. The van der Waals surface area contributed by atoms with Gasteiger partial charge in [-0.25, -0.2) is 0 Å². The number of anilines is 1. The van der Waals surface area contributed by atoms with Crippen molar-refractivity contribution in [1.29, 1.82) is 0 Å². The maximum Gasteiger partial charge on any atom is 0.357 e. The SMILES string of the molecule is O=S(=O)(Nc1c(Cl)cccc1Cl)N1N=CC=CN1. The molecule has 1 heterocycles. The molecule has 0 aliphatic carbocycles. The van der Waals surface area contributed by atoms with E-state index >= 15 is 0 Å². The molecule has 0 spiro atoms. The maximum absolute atomic E-state index is 11.9. The fourth-order valence-electron chi connectivity index (χ4n) is 1.18. The molecule has 0 aromatic heterocycles. The highest BCUT2D eigenvalue weighted by atomic mass is 35.5. The average molecular weight is 307 g/mol. The highest BCUT2D eigenvalue weighted by molar-refractivity contribution is 7.90. The maximum atomic E-state index is 11.9. The third kappa shape index (κ3) is 2.69. The van der Waals surface area contributed by atoms with Crippen molar-refractivity contribution in [3.63, 3.8) is 0 Å². The number of benzene rings is 1. The minimum absolute atomic E-state index is 0.104. The molecule has 0 saturated heterocycles. The van der Waals surface area contributed by atoms with E-state index in [2.05, 4.69) is 15.2 Å². The third-order valence-corrected chi connectivity index (χ3v) is 3.71. The Morgan fingerprint density at radius 1 is 1.28 bits per heavy atom. The first-order valence-electron chi connectivity index (χ1n) is 4.73. The number of nitrogens with one attached hydrogen (secondary N) is 2. The van der Waals surface area contributed by atoms with Crippen molar-refractivity contribution in [2.75, 3.05) is 4.72 Å². The summed E-state index contributed by atoms with van der Waals surface area (Å²) in [7, 11) is -3.93. The molecule has 0 atom stereocenters. The number of para-hydroxylation sites is 1. The minimum Gasteiger partial charge on any atom is -0.274 e. The highest BCUT2D eigenvalue weighted by Gasteiger charge is 2.22. The predicted octanol–water partition coefficient (Wildman–Crippen LogP) is 1.97. The molecule has 0 bridgehead atoms. The van der Waals surface area contributed by atoms with E-state index in [-0.39, 0.29) is 15.7 Å². The molecule has 2 N–H and O–H groups in total. The number of allylic oxidation sites excluding steroid dienone is 1. The first-order valence-corrected chi connectivity index (χ1v) is 6.93. The van der Waals surface area contributed by atoms with E-state index in [1.54, 1.807) is 12.1 Å². The summed E-state index contributed by atoms with van der Waals surface area (Å²) < 4.78 is 26.8. The van der Waals surface area contributed by atoms with E-state index < -0.39 is 10.2 Å². The van der Waals surface area contributed by atoms with Gasteiger partial charge in [-0.2, -0.15) is 8.42 Å². The van der Waals surface area contributed by atoms with Crippen molar-refractivity contribution in [2.45, 2.75) is 0 Å². The molecule has 0 fully saturated rings. The van der Waals surface area contributed by atoms with Crippen molar-refractivity contribution < 1.29 is 8.42 Å². The van der Waals surface area contributed by atoms with Crippen LogP contribution in [-0.4, -0.2) is 19.2 Å². The summed E-state index contributed by atoms with van der Waals surface area (Å²) in [6, 6.07) is 4.67. The average Bonchev–Trinajstić information content (AvgIpc) is 2.35. The molecular formula is C9H8Cl2N4O2S. The number of hydrogen-bond donors (Lipinski definition) is 2. The monoisotopic (exact) mass is 306 g/mol. The van der Waals surface area contributed by atoms with Gasteiger partial charge in [0, 0.05) is 6.20 Å². The molecule has 96 valence electrons. The first kappa shape index (κ1) is 13.0. The molecule has 6 nitrogen and oxygen atoms in total. The van der Waals surface area contributed by atoms with Crippen LogP contribution in [0.2, 0.25) is 10.0 Å². The predicted molar refractivity (Wildman–Crippen MR) is 71.6 cm³/mol. The molecule has 1 aromatic carbocycles. The largest absolute Gasteiger partial charge is 0.357 e. The van der Waals surface area contributed by atoms with Gasteiger partial charge in [-0.15, -0.1) is 5.10 Å². The van der Waals surface area contributed by atoms with Crippen LogP contribution in [0.25, 0.3) is 0 Å². The number of hydrazone groups is 1. The Kier molecular flexibility index (Phi) is 3.65. The fraction of sp³-hybridized carbons (Fsp3) is 0. The first-order chi connectivity index (χ1) is 8.50. The Morgan fingerprint density at radius 3 is 2.50 bits per heavy atom. The lowest BCUT2D eigenvalue weighted by atomic mass is 10.3. The normalized spacial score (nSPS) is 14.4. The quantitative estimate of drug-likeness (QED) is 0.896. The molecule has 9 heteroatoms. The third-order valence-electron chi connectivity index (χ3n) is 1.96. The zero-order chi connectivity index (χ0) is 13.2. The van der Waals surface area contributed by atoms with Gasteiger partial charge in [0.15, 0.2) is 0 Å². The van der Waals surface area contributed by atoms with Crippen LogP contribution in [0, 0.1) is 0 Å². The Bertz CT molecular complexity index is 595. The van der Waals surface area contributed by atoms with Crippen molar-refractivity contribution in [3.05, 3.63) is 40.5 Å². The Labute approximate surface area is 114 Å². The van der Waals surface area contributed by atoms with E-state index in [0.717, 1.165) is 0 Å². The van der Waals surface area contributed by atoms with Crippen molar-refractivity contribution in [2.24, 2.45) is 5.10 Å². The summed E-state index contributed by atoms with van der Waals surface area (Å²) in [5, 5.41) is 4.02. The molecule has 0 unspecified atom stereocenters. The van der Waals surface area contributed by atoms with Crippen LogP contribution in [-0.2, 0) is 10.2 Å². The second kappa shape index (κ2) is 5.05. The summed E-state index contributed by atoms with van der Waals surface area (Å²) in [6.45, 7) is 0. The molecule has 2 rings (SSSR count). The van der Waals surface area contributed by atoms with E-state index in [9.17, 15) is 8.42 Å². The van der Waals surface area contributed by atoms with Crippen LogP contribution < -0.4 is 10.1 Å². The molecule has 0 saturated carbocycles. The van der Waals surface area contributed by atoms with Gasteiger partial charge in [0.25, 0.3) is 0 Å². The van der Waals surface area contributed by atoms with Gasteiger partial charge in [-0.1, -0.05) is 33.8 Å². The summed E-state index contributed by atoms with van der Waals surface area (Å²) >= 11 is 11.7. The summed E-state index contributed by atoms with van der Waals surface area (Å²) in [6.07, 6.45) is 4.29. The van der Waals surface area contributed by atoms with Crippen molar-refractivity contribution in [1.82, 2.24) is 9.95 Å². The number of halogens is 2. The lowest BCUT2D eigenvalue weighted by molar-refractivity contribution is 0.380. The van der Waals surface area contributed by atoms with Crippen LogP contribution in [0.5, 0.6) is 0 Å². The summed E-state index contributed by atoms with van der Waals surface area (Å²) in [5.74, 6) is 0. The topological polar surface area (TPSA) is 73.8 Å². The molecule has 1 aromatic rings. The molecule has 1 aliphatic rings. The molecule has 1 aliphatic heterocycles. The van der Waals surface area contributed by atoms with Crippen LogP contribution in [0.4, 0.5) is 5.69 Å². The van der Waals surface area contributed by atoms with Gasteiger partial charge in [0.1, 0.15) is 0 Å². The number of hydrogen-bond acceptors (Lipinski definition) is 4. The number of nitrogens with zero attached hydrogens (tertiary/aromatic N) is 2. The summed E-state index contributed by atoms with van der Waals surface area (Å²) in [5.41, 5.74) is 2.54. The lowest BCUT2D eigenvalue weighted by Gasteiger charge is -2.21. The van der Waals surface area contributed by atoms with Gasteiger partial charge in [0.2, 0.25) is 0 Å².